The maximum Gasteiger partial charge on any atom is 0.191 e. The zero-order valence-electron chi connectivity index (χ0n) is 13.1. The van der Waals surface area contributed by atoms with Crippen molar-refractivity contribution in [2.45, 2.75) is 26.9 Å². The van der Waals surface area contributed by atoms with Crippen LogP contribution in [0.4, 0.5) is 0 Å². The number of aliphatic imine (C=N–C) groups is 1. The van der Waals surface area contributed by atoms with Crippen LogP contribution in [0, 0.1) is 6.92 Å². The Morgan fingerprint density at radius 1 is 1.23 bits per heavy atom. The number of nitrogens with zero attached hydrogens (tertiary/aromatic N) is 3. The summed E-state index contributed by atoms with van der Waals surface area (Å²) in [6, 6.07) is 10.4. The fraction of sp³-hybridized carbons (Fsp3) is 0.375. The van der Waals surface area contributed by atoms with Crippen molar-refractivity contribution in [3.05, 3.63) is 53.9 Å². The molecule has 6 heteroatoms. The maximum absolute atomic E-state index is 4.60. The minimum absolute atomic E-state index is 0. The van der Waals surface area contributed by atoms with Crippen LogP contribution in [-0.4, -0.2) is 28.8 Å². The summed E-state index contributed by atoms with van der Waals surface area (Å²) in [4.78, 5) is 4.60. The standard InChI is InChI=1S/C16H23N5.HI/c1-3-17-16(18-10-12-21-11-4-9-20-21)19-13-15-7-5-14(2)6-8-15;/h4-9,11H,3,10,12-13H2,1-2H3,(H2,17,18,19);1H. The van der Waals surface area contributed by atoms with E-state index in [2.05, 4.69) is 58.8 Å². The van der Waals surface area contributed by atoms with Gasteiger partial charge in [0.1, 0.15) is 0 Å². The van der Waals surface area contributed by atoms with E-state index in [0.717, 1.165) is 25.6 Å². The Bertz CT molecular complexity index is 548. The Kier molecular flexibility index (Phi) is 8.57. The fourth-order valence-electron chi connectivity index (χ4n) is 1.93. The molecule has 0 spiro atoms. The highest BCUT2D eigenvalue weighted by atomic mass is 127. The molecular weight excluding hydrogens is 389 g/mol. The Balaban J connectivity index is 0.00000242. The van der Waals surface area contributed by atoms with Crippen LogP contribution < -0.4 is 10.6 Å². The molecule has 0 fully saturated rings. The molecule has 1 heterocycles. The molecule has 1 aromatic carbocycles. The average molecular weight is 413 g/mol. The molecule has 22 heavy (non-hydrogen) atoms. The maximum atomic E-state index is 4.60. The third-order valence-corrected chi connectivity index (χ3v) is 3.08. The molecule has 0 amide bonds. The van der Waals surface area contributed by atoms with Crippen molar-refractivity contribution < 1.29 is 0 Å². The summed E-state index contributed by atoms with van der Waals surface area (Å²) in [7, 11) is 0. The number of benzene rings is 1. The number of rotatable bonds is 6. The molecular formula is C16H24IN5. The fourth-order valence-corrected chi connectivity index (χ4v) is 1.93. The molecule has 0 radical (unpaired) electrons. The quantitative estimate of drug-likeness (QED) is 0.435. The number of aryl methyl sites for hydroxylation is 1. The summed E-state index contributed by atoms with van der Waals surface area (Å²) in [5.41, 5.74) is 2.48. The van der Waals surface area contributed by atoms with Crippen LogP contribution in [0.15, 0.2) is 47.7 Å². The normalized spacial score (nSPS) is 10.9. The number of hydrogen-bond acceptors (Lipinski definition) is 2. The van der Waals surface area contributed by atoms with Crippen LogP contribution in [0.3, 0.4) is 0 Å². The van der Waals surface area contributed by atoms with Gasteiger partial charge in [-0.25, -0.2) is 4.99 Å². The summed E-state index contributed by atoms with van der Waals surface area (Å²) in [5.74, 6) is 0.838. The van der Waals surface area contributed by atoms with E-state index < -0.39 is 0 Å². The van der Waals surface area contributed by atoms with Crippen molar-refractivity contribution in [2.24, 2.45) is 4.99 Å². The van der Waals surface area contributed by atoms with Crippen molar-refractivity contribution in [2.75, 3.05) is 13.1 Å². The number of aromatic nitrogens is 2. The van der Waals surface area contributed by atoms with Gasteiger partial charge in [0, 0.05) is 25.5 Å². The molecule has 0 bridgehead atoms. The molecule has 1 aromatic heterocycles. The Morgan fingerprint density at radius 2 is 2.00 bits per heavy atom. The number of guanidine groups is 1. The van der Waals surface area contributed by atoms with E-state index in [0.29, 0.717) is 6.54 Å². The zero-order valence-corrected chi connectivity index (χ0v) is 15.5. The lowest BCUT2D eigenvalue weighted by atomic mass is 10.1. The van der Waals surface area contributed by atoms with E-state index in [1.54, 1.807) is 6.20 Å². The van der Waals surface area contributed by atoms with Crippen molar-refractivity contribution in [1.29, 1.82) is 0 Å². The molecule has 5 nitrogen and oxygen atoms in total. The third kappa shape index (κ3) is 6.46. The lowest BCUT2D eigenvalue weighted by Gasteiger charge is -2.11. The zero-order chi connectivity index (χ0) is 14.9. The second-order valence-electron chi connectivity index (χ2n) is 4.88. The van der Waals surface area contributed by atoms with Crippen LogP contribution in [0.1, 0.15) is 18.1 Å². The second kappa shape index (κ2) is 10.2. The van der Waals surface area contributed by atoms with Gasteiger partial charge in [-0.05, 0) is 25.5 Å². The Morgan fingerprint density at radius 3 is 2.64 bits per heavy atom. The van der Waals surface area contributed by atoms with Crippen molar-refractivity contribution in [3.63, 3.8) is 0 Å². The second-order valence-corrected chi connectivity index (χ2v) is 4.88. The molecule has 0 unspecified atom stereocenters. The lowest BCUT2D eigenvalue weighted by molar-refractivity contribution is 0.598. The molecule has 2 rings (SSSR count). The molecule has 0 aliphatic rings. The molecule has 0 saturated heterocycles. The number of halogens is 1. The summed E-state index contributed by atoms with van der Waals surface area (Å²) in [6.45, 7) is 7.30. The topological polar surface area (TPSA) is 54.2 Å². The average Bonchev–Trinajstić information content (AvgIpc) is 3.00. The minimum Gasteiger partial charge on any atom is -0.357 e. The van der Waals surface area contributed by atoms with E-state index in [9.17, 15) is 0 Å². The van der Waals surface area contributed by atoms with Gasteiger partial charge in [-0.15, -0.1) is 24.0 Å². The van der Waals surface area contributed by atoms with Gasteiger partial charge in [0.25, 0.3) is 0 Å². The first-order chi connectivity index (χ1) is 10.3. The van der Waals surface area contributed by atoms with Crippen LogP contribution >= 0.6 is 24.0 Å². The minimum atomic E-state index is 0. The first-order valence-corrected chi connectivity index (χ1v) is 7.33. The molecule has 0 atom stereocenters. The summed E-state index contributed by atoms with van der Waals surface area (Å²) < 4.78 is 1.90. The molecule has 0 aliphatic heterocycles. The monoisotopic (exact) mass is 413 g/mol. The first-order valence-electron chi connectivity index (χ1n) is 7.33. The van der Waals surface area contributed by atoms with Crippen LogP contribution in [0.2, 0.25) is 0 Å². The van der Waals surface area contributed by atoms with E-state index in [1.165, 1.54) is 11.1 Å². The third-order valence-electron chi connectivity index (χ3n) is 3.08. The molecule has 0 saturated carbocycles. The predicted octanol–water partition coefficient (Wildman–Crippen LogP) is 2.56. The van der Waals surface area contributed by atoms with E-state index >= 15 is 0 Å². The van der Waals surface area contributed by atoms with Crippen LogP contribution in [0.25, 0.3) is 0 Å². The predicted molar refractivity (Wildman–Crippen MR) is 102 cm³/mol. The molecule has 120 valence electrons. The van der Waals surface area contributed by atoms with Gasteiger partial charge in [0.15, 0.2) is 5.96 Å². The Hall–Kier alpha value is -1.57. The van der Waals surface area contributed by atoms with Crippen molar-refractivity contribution >= 4 is 29.9 Å². The van der Waals surface area contributed by atoms with Gasteiger partial charge in [0.2, 0.25) is 0 Å². The lowest BCUT2D eigenvalue weighted by Crippen LogP contribution is -2.38. The van der Waals surface area contributed by atoms with Crippen LogP contribution in [-0.2, 0) is 13.1 Å². The molecule has 2 aromatic rings. The highest BCUT2D eigenvalue weighted by molar-refractivity contribution is 14.0. The van der Waals surface area contributed by atoms with Crippen LogP contribution in [0.5, 0.6) is 0 Å². The highest BCUT2D eigenvalue weighted by Gasteiger charge is 1.98. The summed E-state index contributed by atoms with van der Waals surface area (Å²) in [5, 5.41) is 10.7. The van der Waals surface area contributed by atoms with Crippen molar-refractivity contribution in [3.8, 4) is 0 Å². The van der Waals surface area contributed by atoms with Gasteiger partial charge >= 0.3 is 0 Å². The number of hydrogen-bond donors (Lipinski definition) is 2. The van der Waals surface area contributed by atoms with E-state index in [-0.39, 0.29) is 24.0 Å². The van der Waals surface area contributed by atoms with E-state index in [4.69, 9.17) is 0 Å². The Labute approximate surface area is 149 Å². The first kappa shape index (κ1) is 18.5. The van der Waals surface area contributed by atoms with Gasteiger partial charge in [-0.3, -0.25) is 4.68 Å². The van der Waals surface area contributed by atoms with E-state index in [1.807, 2.05) is 16.9 Å². The van der Waals surface area contributed by atoms with Gasteiger partial charge in [0.05, 0.1) is 13.1 Å². The van der Waals surface area contributed by atoms with Gasteiger partial charge in [-0.1, -0.05) is 29.8 Å². The summed E-state index contributed by atoms with van der Waals surface area (Å²) >= 11 is 0. The molecule has 0 aliphatic carbocycles. The smallest absolute Gasteiger partial charge is 0.191 e. The SMILES string of the molecule is CCNC(=NCc1ccc(C)cc1)NCCn1cccn1.I. The summed E-state index contributed by atoms with van der Waals surface area (Å²) in [6.07, 6.45) is 3.74. The van der Waals surface area contributed by atoms with Gasteiger partial charge < -0.3 is 10.6 Å². The molecule has 2 N–H and O–H groups in total. The van der Waals surface area contributed by atoms with Gasteiger partial charge in [-0.2, -0.15) is 5.10 Å². The highest BCUT2D eigenvalue weighted by Crippen LogP contribution is 2.04. The largest absolute Gasteiger partial charge is 0.357 e. The number of nitrogens with one attached hydrogen (secondary N) is 2. The van der Waals surface area contributed by atoms with Crippen molar-refractivity contribution in [1.82, 2.24) is 20.4 Å².